The second kappa shape index (κ2) is 12.2. The van der Waals surface area contributed by atoms with Gasteiger partial charge in [-0.25, -0.2) is 18.7 Å². The number of hydrogen-bond donors (Lipinski definition) is 7. The fourth-order valence-electron chi connectivity index (χ4n) is 3.97. The first-order valence-electron chi connectivity index (χ1n) is 11.6. The fraction of sp³-hybridized carbons (Fsp3) is 0.389. The molecule has 0 spiro atoms. The summed E-state index contributed by atoms with van der Waals surface area (Å²) in [5.74, 6) is -0.296. The van der Waals surface area contributed by atoms with Crippen molar-refractivity contribution in [2.75, 3.05) is 12.3 Å². The first-order valence-corrected chi connectivity index (χ1v) is 16.1. The number of nitrogen functional groups attached to an aromatic ring is 1. The van der Waals surface area contributed by atoms with E-state index in [0.29, 0.717) is 0 Å². The number of para-hydroxylation sites is 1. The third-order valence-electron chi connectivity index (χ3n) is 5.74. The largest absolute Gasteiger partial charge is 0.490 e. The maximum atomic E-state index is 12.3. The van der Waals surface area contributed by atoms with Crippen molar-refractivity contribution in [2.45, 2.75) is 37.6 Å². The number of nitrogens with one attached hydrogen (secondary N) is 1. The van der Waals surface area contributed by atoms with Crippen molar-refractivity contribution < 1.29 is 65.9 Å². The van der Waals surface area contributed by atoms with E-state index in [1.54, 1.807) is 0 Å². The van der Waals surface area contributed by atoms with Crippen LogP contribution in [0.15, 0.2) is 35.4 Å². The average molecular weight is 672 g/mol. The Kier molecular flexibility index (Phi) is 9.36. The molecule has 0 saturated carbocycles. The Balaban J connectivity index is 1.39. The van der Waals surface area contributed by atoms with Crippen LogP contribution in [0.25, 0.3) is 11.2 Å². The minimum atomic E-state index is -5.92. The molecule has 3 heterocycles. The van der Waals surface area contributed by atoms with Crippen molar-refractivity contribution in [1.82, 2.24) is 19.5 Å². The van der Waals surface area contributed by atoms with Gasteiger partial charge in [0.1, 0.15) is 18.3 Å². The highest BCUT2D eigenvalue weighted by atomic mass is 31.3. The van der Waals surface area contributed by atoms with E-state index in [9.17, 15) is 53.5 Å². The van der Waals surface area contributed by atoms with Gasteiger partial charge in [0.25, 0.3) is 11.2 Å². The van der Waals surface area contributed by atoms with Gasteiger partial charge in [-0.05, 0) is 13.0 Å². The monoisotopic (exact) mass is 672 g/mol. The number of nitro benzene ring substituents is 1. The molecule has 2 aromatic heterocycles. The van der Waals surface area contributed by atoms with Crippen LogP contribution in [0.3, 0.4) is 0 Å². The lowest BCUT2D eigenvalue weighted by atomic mass is 10.1. The Labute approximate surface area is 238 Å². The van der Waals surface area contributed by atoms with Gasteiger partial charge in [0.05, 0.1) is 29.5 Å². The molecule has 1 fully saturated rings. The fourth-order valence-corrected chi connectivity index (χ4v) is 7.63. The van der Waals surface area contributed by atoms with Crippen molar-refractivity contribution in [2.24, 2.45) is 0 Å². The normalized spacial score (nSPS) is 25.5. The summed E-state index contributed by atoms with van der Waals surface area (Å²) >= 11 is 0. The molecule has 0 bridgehead atoms. The molecular formula is C18H23N6O16P3. The number of phosphoric acid groups is 3. The third kappa shape index (κ3) is 7.59. The number of phosphoric ester groups is 2. The van der Waals surface area contributed by atoms with Gasteiger partial charge in [-0.2, -0.15) is 13.6 Å². The number of aliphatic hydroxyl groups excluding tert-OH is 2. The minimum absolute atomic E-state index is 0.138. The molecule has 236 valence electrons. The summed E-state index contributed by atoms with van der Waals surface area (Å²) in [6.07, 6.45) is -7.09. The van der Waals surface area contributed by atoms with E-state index < -0.39 is 76.9 Å². The van der Waals surface area contributed by atoms with Crippen molar-refractivity contribution in [3.8, 4) is 0 Å². The standard InChI is InChI=1S/C18H23N6O16P3/c1-8(9-4-2-3-5-10(9)24(28)29)38-42(32,33)40-43(34,35)39-41(30,31)36-6-11-13(25)14(26)17(37-11)23-7-20-12-15(23)21-18(19)22-16(12)27/h2-5,7-8,11,13-14,17,25-26H,6H2,1H3,(H,30,31)(H,32,33)(H,34,35)(H3,19,21,22,27)/t8?,11-,13+,14+,17-/m1/s1. The summed E-state index contributed by atoms with van der Waals surface area (Å²) in [6, 6.07) is 4.90. The Hall–Kier alpha value is -2.94. The number of nitrogens with two attached hydrogens (primary N) is 1. The molecule has 0 aliphatic carbocycles. The van der Waals surface area contributed by atoms with Crippen molar-refractivity contribution >= 4 is 46.3 Å². The number of aliphatic hydroxyl groups is 2. The highest BCUT2D eigenvalue weighted by Crippen LogP contribution is 2.68. The van der Waals surface area contributed by atoms with Gasteiger partial charge in [0.15, 0.2) is 17.4 Å². The number of aromatic amines is 1. The van der Waals surface area contributed by atoms with E-state index in [1.807, 2.05) is 0 Å². The van der Waals surface area contributed by atoms with Gasteiger partial charge < -0.3 is 35.4 Å². The zero-order valence-electron chi connectivity index (χ0n) is 21.4. The van der Waals surface area contributed by atoms with E-state index in [2.05, 4.69) is 32.6 Å². The van der Waals surface area contributed by atoms with Crippen LogP contribution in [0.1, 0.15) is 24.8 Å². The number of anilines is 1. The van der Waals surface area contributed by atoms with Crippen LogP contribution in [0.5, 0.6) is 0 Å². The molecule has 1 saturated heterocycles. The molecule has 25 heteroatoms. The number of fused-ring (bicyclic) bond motifs is 1. The number of rotatable bonds is 12. The molecule has 1 aromatic carbocycles. The molecule has 4 rings (SSSR count). The molecule has 0 amide bonds. The lowest BCUT2D eigenvalue weighted by molar-refractivity contribution is -0.386. The molecule has 0 radical (unpaired) electrons. The molecule has 22 nitrogen and oxygen atoms in total. The number of aromatic nitrogens is 4. The topological polar surface area (TPSA) is 331 Å². The minimum Gasteiger partial charge on any atom is -0.387 e. The Morgan fingerprint density at radius 1 is 1.14 bits per heavy atom. The van der Waals surface area contributed by atoms with E-state index in [-0.39, 0.29) is 22.7 Å². The Morgan fingerprint density at radius 3 is 2.47 bits per heavy atom. The number of ether oxygens (including phenoxy) is 1. The SMILES string of the molecule is CC(OP(=O)(O)OP(=O)(O)OP(=O)(O)OC[C@H]1O[C@@H](n2cnc3c(=O)[nH]c(N)nc32)[C@@H](O)[C@H]1O)c1ccccc1[N+](=O)[O-]. The first kappa shape index (κ1) is 33.0. The quantitative estimate of drug-likeness (QED) is 0.0775. The second-order valence-corrected chi connectivity index (χ2v) is 13.3. The number of nitrogens with zero attached hydrogens (tertiary/aromatic N) is 4. The number of nitro groups is 1. The van der Waals surface area contributed by atoms with E-state index in [4.69, 9.17) is 10.5 Å². The predicted molar refractivity (Wildman–Crippen MR) is 139 cm³/mol. The summed E-state index contributed by atoms with van der Waals surface area (Å²) in [6.45, 7) is 0.0231. The zero-order chi connectivity index (χ0) is 31.9. The lowest BCUT2D eigenvalue weighted by Crippen LogP contribution is -2.33. The second-order valence-electron chi connectivity index (χ2n) is 8.75. The maximum absolute atomic E-state index is 12.3. The number of H-pyrrole nitrogens is 1. The van der Waals surface area contributed by atoms with E-state index in [1.165, 1.54) is 18.2 Å². The highest BCUT2D eigenvalue weighted by Gasteiger charge is 2.47. The summed E-state index contributed by atoms with van der Waals surface area (Å²) in [4.78, 5) is 61.9. The van der Waals surface area contributed by atoms with Crippen LogP contribution in [-0.4, -0.2) is 74.3 Å². The molecule has 4 unspecified atom stereocenters. The van der Waals surface area contributed by atoms with Crippen molar-refractivity contribution in [1.29, 1.82) is 0 Å². The van der Waals surface area contributed by atoms with Crippen LogP contribution in [0.4, 0.5) is 11.6 Å². The van der Waals surface area contributed by atoms with Crippen LogP contribution in [0.2, 0.25) is 0 Å². The zero-order valence-corrected chi connectivity index (χ0v) is 24.1. The predicted octanol–water partition coefficient (Wildman–Crippen LogP) is 0.358. The van der Waals surface area contributed by atoms with Gasteiger partial charge in [0.2, 0.25) is 5.95 Å². The number of benzene rings is 1. The highest BCUT2D eigenvalue weighted by molar-refractivity contribution is 7.66. The van der Waals surface area contributed by atoms with Gasteiger partial charge in [-0.3, -0.25) is 33.5 Å². The molecule has 3 aromatic rings. The molecule has 1 aliphatic heterocycles. The number of hydrogen-bond acceptors (Lipinski definition) is 16. The Bertz CT molecular complexity index is 1730. The van der Waals surface area contributed by atoms with E-state index in [0.717, 1.165) is 23.9 Å². The van der Waals surface area contributed by atoms with Crippen LogP contribution in [-0.2, 0) is 36.1 Å². The molecular weight excluding hydrogens is 649 g/mol. The Morgan fingerprint density at radius 2 is 1.79 bits per heavy atom. The smallest absolute Gasteiger partial charge is 0.387 e. The molecule has 43 heavy (non-hydrogen) atoms. The molecule has 1 aliphatic rings. The van der Waals surface area contributed by atoms with Crippen LogP contribution >= 0.6 is 23.5 Å². The van der Waals surface area contributed by atoms with Crippen LogP contribution < -0.4 is 11.3 Å². The van der Waals surface area contributed by atoms with Gasteiger partial charge in [-0.1, -0.05) is 12.1 Å². The average Bonchev–Trinajstić information content (AvgIpc) is 3.41. The lowest BCUT2D eigenvalue weighted by Gasteiger charge is -2.21. The van der Waals surface area contributed by atoms with Gasteiger partial charge in [0, 0.05) is 6.07 Å². The van der Waals surface area contributed by atoms with Crippen molar-refractivity contribution in [3.05, 3.63) is 56.6 Å². The summed E-state index contributed by atoms with van der Waals surface area (Å²) in [7, 11) is -17.1. The van der Waals surface area contributed by atoms with Gasteiger partial charge >= 0.3 is 23.5 Å². The van der Waals surface area contributed by atoms with Crippen molar-refractivity contribution in [3.63, 3.8) is 0 Å². The number of imidazole rings is 1. The third-order valence-corrected chi connectivity index (χ3v) is 10.1. The first-order chi connectivity index (χ1) is 19.9. The summed E-state index contributed by atoms with van der Waals surface area (Å²) in [5.41, 5.74) is 3.77. The summed E-state index contributed by atoms with van der Waals surface area (Å²) < 4.78 is 60.6. The van der Waals surface area contributed by atoms with E-state index >= 15 is 0 Å². The summed E-state index contributed by atoms with van der Waals surface area (Å²) in [5, 5.41) is 32.0. The molecule has 8 atom stereocenters. The molecule has 8 N–H and O–H groups in total. The maximum Gasteiger partial charge on any atom is 0.490 e. The van der Waals surface area contributed by atoms with Crippen LogP contribution in [0, 0.1) is 10.1 Å². The van der Waals surface area contributed by atoms with Gasteiger partial charge in [-0.15, -0.1) is 0 Å².